The number of amides is 1. The first-order chi connectivity index (χ1) is 10.1. The van der Waals surface area contributed by atoms with E-state index in [2.05, 4.69) is 0 Å². The molecule has 2 aromatic carbocycles. The summed E-state index contributed by atoms with van der Waals surface area (Å²) in [5.41, 5.74) is 2.25. The minimum absolute atomic E-state index is 0.128. The lowest BCUT2D eigenvalue weighted by atomic mass is 9.68. The number of anilines is 1. The predicted molar refractivity (Wildman–Crippen MR) is 80.4 cm³/mol. The van der Waals surface area contributed by atoms with Crippen molar-refractivity contribution in [3.8, 4) is 0 Å². The van der Waals surface area contributed by atoms with Crippen molar-refractivity contribution in [1.82, 2.24) is 0 Å². The molecule has 21 heavy (non-hydrogen) atoms. The first-order valence-electron chi connectivity index (χ1n) is 6.95. The third-order valence-electron chi connectivity index (χ3n) is 4.42. The molecular weight excluding hydrogens is 265 g/mol. The topological polar surface area (TPSA) is 49.8 Å². The fourth-order valence-electron chi connectivity index (χ4n) is 3.39. The number of hydrogen-bond acceptors (Lipinski definition) is 3. The number of carbonyl (C=O) groups excluding carboxylic acids is 1. The van der Waals surface area contributed by atoms with Crippen LogP contribution in [0.25, 0.3) is 0 Å². The van der Waals surface area contributed by atoms with Gasteiger partial charge in [-0.1, -0.05) is 42.5 Å². The van der Waals surface area contributed by atoms with Gasteiger partial charge in [-0.3, -0.25) is 4.79 Å². The summed E-state index contributed by atoms with van der Waals surface area (Å²) in [4.78, 5) is 14.4. The second-order valence-corrected chi connectivity index (χ2v) is 5.55. The molecule has 0 fully saturated rings. The van der Waals surface area contributed by atoms with Gasteiger partial charge in [0.05, 0.1) is 0 Å². The first kappa shape index (κ1) is 12.6. The van der Waals surface area contributed by atoms with E-state index in [1.54, 1.807) is 11.9 Å². The Morgan fingerprint density at radius 3 is 2.76 bits per heavy atom. The zero-order valence-electron chi connectivity index (χ0n) is 11.6. The van der Waals surface area contributed by atoms with E-state index >= 15 is 0 Å². The Balaban J connectivity index is 1.92. The monoisotopic (exact) mass is 279 g/mol. The van der Waals surface area contributed by atoms with Gasteiger partial charge < -0.3 is 14.6 Å². The van der Waals surface area contributed by atoms with Crippen molar-refractivity contribution in [2.24, 2.45) is 0 Å². The smallest absolute Gasteiger partial charge is 0.423 e. The maximum absolute atomic E-state index is 12.8. The van der Waals surface area contributed by atoms with Crippen LogP contribution in [0.3, 0.4) is 0 Å². The molecule has 0 aromatic heterocycles. The molecule has 4 rings (SSSR count). The third-order valence-corrected chi connectivity index (χ3v) is 4.42. The van der Waals surface area contributed by atoms with Crippen molar-refractivity contribution < 1.29 is 14.5 Å². The highest BCUT2D eigenvalue weighted by Crippen LogP contribution is 2.45. The molecule has 2 aliphatic rings. The van der Waals surface area contributed by atoms with E-state index in [4.69, 9.17) is 4.65 Å². The van der Waals surface area contributed by atoms with E-state index in [1.165, 1.54) is 0 Å². The normalized spacial score (nSPS) is 23.4. The van der Waals surface area contributed by atoms with Gasteiger partial charge in [0.1, 0.15) is 0 Å². The van der Waals surface area contributed by atoms with E-state index in [9.17, 15) is 9.82 Å². The fraction of sp³-hybridized carbons (Fsp3) is 0.188. The van der Waals surface area contributed by atoms with E-state index in [0.29, 0.717) is 6.42 Å². The van der Waals surface area contributed by atoms with Crippen molar-refractivity contribution in [3.05, 3.63) is 59.7 Å². The van der Waals surface area contributed by atoms with E-state index in [1.807, 2.05) is 48.5 Å². The molecule has 1 unspecified atom stereocenters. The molecule has 1 atom stereocenters. The molecular formula is C16H14BNO3. The predicted octanol–water partition coefficient (Wildman–Crippen LogP) is 0.819. The lowest BCUT2D eigenvalue weighted by Gasteiger charge is -2.35. The number of hydrogen-bond donors (Lipinski definition) is 1. The molecule has 0 radical (unpaired) electrons. The van der Waals surface area contributed by atoms with Gasteiger partial charge in [-0.05, 0) is 17.1 Å². The second kappa shape index (κ2) is 4.19. The summed E-state index contributed by atoms with van der Waals surface area (Å²) < 4.78 is 5.83. The van der Waals surface area contributed by atoms with Gasteiger partial charge in [-0.2, -0.15) is 0 Å². The largest absolute Gasteiger partial charge is 0.492 e. The second-order valence-electron chi connectivity index (χ2n) is 5.55. The number of rotatable bonds is 0. The van der Waals surface area contributed by atoms with E-state index in [-0.39, 0.29) is 5.91 Å². The van der Waals surface area contributed by atoms with Crippen LogP contribution in [0.1, 0.15) is 11.1 Å². The van der Waals surface area contributed by atoms with Crippen LogP contribution in [0.2, 0.25) is 0 Å². The van der Waals surface area contributed by atoms with Crippen molar-refractivity contribution in [2.75, 3.05) is 11.9 Å². The zero-order chi connectivity index (χ0) is 14.6. The molecule has 1 N–H and O–H groups in total. The Hall–Kier alpha value is -2.11. The Morgan fingerprint density at radius 1 is 1.19 bits per heavy atom. The summed E-state index contributed by atoms with van der Waals surface area (Å²) in [6.45, 7) is 0. The average molecular weight is 279 g/mol. The molecule has 0 saturated heterocycles. The molecule has 0 aliphatic carbocycles. The van der Waals surface area contributed by atoms with Crippen molar-refractivity contribution >= 4 is 24.2 Å². The number of benzene rings is 2. The Labute approximate surface area is 123 Å². The highest BCUT2D eigenvalue weighted by Gasteiger charge is 2.55. The lowest BCUT2D eigenvalue weighted by Crippen LogP contribution is -2.55. The van der Waals surface area contributed by atoms with Crippen LogP contribution in [0.15, 0.2) is 48.5 Å². The van der Waals surface area contributed by atoms with Gasteiger partial charge in [0, 0.05) is 24.7 Å². The number of nitrogens with zero attached hydrogens (tertiary/aromatic N) is 1. The average Bonchev–Trinajstić information content (AvgIpc) is 2.71. The van der Waals surface area contributed by atoms with Crippen LogP contribution >= 0.6 is 0 Å². The SMILES string of the molecule is CN1C(=O)C2(Cc3ccccc3B(O)O2)c2ccccc21. The van der Waals surface area contributed by atoms with E-state index < -0.39 is 12.7 Å². The summed E-state index contributed by atoms with van der Waals surface area (Å²) in [5, 5.41) is 10.3. The van der Waals surface area contributed by atoms with Crippen LogP contribution in [0.5, 0.6) is 0 Å². The molecule has 2 aliphatic heterocycles. The fourth-order valence-corrected chi connectivity index (χ4v) is 3.39. The van der Waals surface area contributed by atoms with Crippen molar-refractivity contribution in [3.63, 3.8) is 0 Å². The van der Waals surface area contributed by atoms with Crippen LogP contribution in [-0.2, 0) is 21.5 Å². The van der Waals surface area contributed by atoms with Crippen LogP contribution in [-0.4, -0.2) is 25.1 Å². The quantitative estimate of drug-likeness (QED) is 0.726. The highest BCUT2D eigenvalue weighted by molar-refractivity contribution is 6.61. The van der Waals surface area contributed by atoms with Gasteiger partial charge in [-0.15, -0.1) is 0 Å². The maximum Gasteiger partial charge on any atom is 0.492 e. The zero-order valence-corrected chi connectivity index (χ0v) is 11.6. The molecule has 104 valence electrons. The highest BCUT2D eigenvalue weighted by atomic mass is 16.5. The Kier molecular flexibility index (Phi) is 2.52. The van der Waals surface area contributed by atoms with Gasteiger partial charge in [-0.25, -0.2) is 0 Å². The van der Waals surface area contributed by atoms with Crippen LogP contribution in [0.4, 0.5) is 5.69 Å². The van der Waals surface area contributed by atoms with E-state index in [0.717, 1.165) is 22.3 Å². The van der Waals surface area contributed by atoms with Crippen LogP contribution < -0.4 is 10.4 Å². The molecule has 0 saturated carbocycles. The maximum atomic E-state index is 12.8. The lowest BCUT2D eigenvalue weighted by molar-refractivity contribution is -0.134. The molecule has 1 amide bonds. The summed E-state index contributed by atoms with van der Waals surface area (Å²) in [6.07, 6.45) is 0.445. The summed E-state index contributed by atoms with van der Waals surface area (Å²) in [6, 6.07) is 15.1. The molecule has 5 heteroatoms. The molecule has 2 aromatic rings. The van der Waals surface area contributed by atoms with Gasteiger partial charge in [0.2, 0.25) is 0 Å². The third kappa shape index (κ3) is 1.56. The van der Waals surface area contributed by atoms with Gasteiger partial charge in [0.15, 0.2) is 5.60 Å². The summed E-state index contributed by atoms with van der Waals surface area (Å²) in [7, 11) is 0.657. The van der Waals surface area contributed by atoms with Crippen molar-refractivity contribution in [2.45, 2.75) is 12.0 Å². The number of para-hydroxylation sites is 1. The minimum Gasteiger partial charge on any atom is -0.423 e. The molecule has 2 heterocycles. The van der Waals surface area contributed by atoms with Crippen LogP contribution in [0, 0.1) is 0 Å². The standard InChI is InChI=1S/C16H14BNO3/c1-18-14-9-5-3-7-12(14)16(15(18)19)10-11-6-2-4-8-13(11)17(20)21-16/h2-9,20H,10H2,1H3. The Bertz CT molecular complexity index is 748. The Morgan fingerprint density at radius 2 is 1.90 bits per heavy atom. The summed E-state index contributed by atoms with van der Waals surface area (Å²) in [5.74, 6) is -0.128. The number of carbonyl (C=O) groups is 1. The number of likely N-dealkylation sites (N-methyl/N-ethyl adjacent to an activating group) is 1. The first-order valence-corrected chi connectivity index (χ1v) is 6.95. The number of fused-ring (bicyclic) bond motifs is 3. The summed E-state index contributed by atoms with van der Waals surface area (Å²) >= 11 is 0. The molecule has 4 nitrogen and oxygen atoms in total. The molecule has 1 spiro atoms. The molecule has 0 bridgehead atoms. The van der Waals surface area contributed by atoms with Gasteiger partial charge in [0.25, 0.3) is 5.91 Å². The van der Waals surface area contributed by atoms with Gasteiger partial charge >= 0.3 is 7.12 Å². The van der Waals surface area contributed by atoms with Crippen molar-refractivity contribution in [1.29, 1.82) is 0 Å². The minimum atomic E-state index is -1.11.